The first-order valence-electron chi connectivity index (χ1n) is 8.36. The number of nitrogens with zero attached hydrogens (tertiary/aromatic N) is 1. The number of thiocarbonyl (C=S) groups is 1. The number of hydrogen-bond donors (Lipinski definition) is 0. The van der Waals surface area contributed by atoms with Gasteiger partial charge in [0.25, 0.3) is 5.91 Å². The first-order chi connectivity index (χ1) is 12.6. The fourth-order valence-electron chi connectivity index (χ4n) is 2.58. The number of ether oxygens (including phenoxy) is 2. The Kier molecular flexibility index (Phi) is 5.96. The monoisotopic (exact) mass is 385 g/mol. The van der Waals surface area contributed by atoms with E-state index in [1.807, 2.05) is 68.5 Å². The molecule has 0 radical (unpaired) electrons. The summed E-state index contributed by atoms with van der Waals surface area (Å²) in [5, 5.41) is 0. The Morgan fingerprint density at radius 3 is 2.50 bits per heavy atom. The Balaban J connectivity index is 1.93. The smallest absolute Gasteiger partial charge is 0.270 e. The van der Waals surface area contributed by atoms with Crippen LogP contribution in [0.4, 0.5) is 5.69 Å². The minimum absolute atomic E-state index is 0.123. The Labute approximate surface area is 162 Å². The van der Waals surface area contributed by atoms with Crippen LogP contribution in [-0.2, 0) is 4.79 Å². The Hall–Kier alpha value is -2.31. The number of rotatable bonds is 6. The number of thioether (sulfide) groups is 1. The summed E-state index contributed by atoms with van der Waals surface area (Å²) in [6.45, 7) is 4.97. The van der Waals surface area contributed by atoms with E-state index in [-0.39, 0.29) is 5.91 Å². The lowest BCUT2D eigenvalue weighted by molar-refractivity contribution is -0.113. The third kappa shape index (κ3) is 3.92. The van der Waals surface area contributed by atoms with Crippen molar-refractivity contribution in [2.75, 3.05) is 18.1 Å². The standard InChI is InChI=1S/C20H19NO3S2/c1-3-23-16-11-10-14(17(13-16)24-4-2)12-18-19(22)21(20(25)26-18)15-8-6-5-7-9-15/h5-13H,3-4H2,1-2H3/b18-12+. The summed E-state index contributed by atoms with van der Waals surface area (Å²) >= 11 is 6.70. The maximum atomic E-state index is 12.8. The highest BCUT2D eigenvalue weighted by Gasteiger charge is 2.33. The summed E-state index contributed by atoms with van der Waals surface area (Å²) in [6, 6.07) is 15.0. The number of anilines is 1. The topological polar surface area (TPSA) is 38.8 Å². The van der Waals surface area contributed by atoms with Gasteiger partial charge in [-0.3, -0.25) is 9.69 Å². The highest BCUT2D eigenvalue weighted by molar-refractivity contribution is 8.27. The van der Waals surface area contributed by atoms with Crippen molar-refractivity contribution < 1.29 is 14.3 Å². The second-order valence-electron chi connectivity index (χ2n) is 5.42. The molecule has 1 saturated heterocycles. The molecular formula is C20H19NO3S2. The molecule has 1 heterocycles. The van der Waals surface area contributed by atoms with E-state index in [4.69, 9.17) is 21.7 Å². The molecule has 2 aromatic carbocycles. The zero-order valence-corrected chi connectivity index (χ0v) is 16.2. The fraction of sp³-hybridized carbons (Fsp3) is 0.200. The van der Waals surface area contributed by atoms with E-state index in [0.717, 1.165) is 17.0 Å². The predicted octanol–water partition coefficient (Wildman–Crippen LogP) is 4.89. The molecule has 0 aromatic heterocycles. The number of amides is 1. The molecule has 26 heavy (non-hydrogen) atoms. The van der Waals surface area contributed by atoms with Gasteiger partial charge in [-0.05, 0) is 44.2 Å². The normalized spacial score (nSPS) is 15.6. The van der Waals surface area contributed by atoms with Gasteiger partial charge in [-0.1, -0.05) is 42.2 Å². The number of benzene rings is 2. The van der Waals surface area contributed by atoms with Gasteiger partial charge in [0.15, 0.2) is 4.32 Å². The molecule has 1 fully saturated rings. The van der Waals surface area contributed by atoms with Crippen LogP contribution in [0.25, 0.3) is 6.08 Å². The van der Waals surface area contributed by atoms with Crippen molar-refractivity contribution >= 4 is 46.0 Å². The van der Waals surface area contributed by atoms with Crippen LogP contribution in [0.3, 0.4) is 0 Å². The van der Waals surface area contributed by atoms with Crippen molar-refractivity contribution in [1.82, 2.24) is 0 Å². The van der Waals surface area contributed by atoms with Crippen molar-refractivity contribution in [2.24, 2.45) is 0 Å². The highest BCUT2D eigenvalue weighted by Crippen LogP contribution is 2.37. The van der Waals surface area contributed by atoms with Gasteiger partial charge in [-0.15, -0.1) is 0 Å². The SMILES string of the molecule is CCOc1ccc(/C=C2/SC(=S)N(c3ccccc3)C2=O)c(OCC)c1. The molecule has 0 aliphatic carbocycles. The van der Waals surface area contributed by atoms with E-state index in [2.05, 4.69) is 0 Å². The number of carbonyl (C=O) groups is 1. The van der Waals surface area contributed by atoms with Gasteiger partial charge in [0, 0.05) is 11.6 Å². The van der Waals surface area contributed by atoms with Gasteiger partial charge in [-0.2, -0.15) is 0 Å². The first kappa shape index (κ1) is 18.5. The van der Waals surface area contributed by atoms with Crippen molar-refractivity contribution in [2.45, 2.75) is 13.8 Å². The summed E-state index contributed by atoms with van der Waals surface area (Å²) in [5.41, 5.74) is 1.60. The molecule has 1 aliphatic heterocycles. The molecule has 4 nitrogen and oxygen atoms in total. The van der Waals surface area contributed by atoms with Crippen molar-refractivity contribution in [3.8, 4) is 11.5 Å². The maximum absolute atomic E-state index is 12.8. The molecule has 134 valence electrons. The Bertz CT molecular complexity index is 849. The van der Waals surface area contributed by atoms with Crippen LogP contribution in [0, 0.1) is 0 Å². The quantitative estimate of drug-likeness (QED) is 0.523. The van der Waals surface area contributed by atoms with E-state index in [9.17, 15) is 4.79 Å². The van der Waals surface area contributed by atoms with Crippen molar-refractivity contribution in [1.29, 1.82) is 0 Å². The summed E-state index contributed by atoms with van der Waals surface area (Å²) in [6.07, 6.45) is 1.82. The highest BCUT2D eigenvalue weighted by atomic mass is 32.2. The van der Waals surface area contributed by atoms with Crippen LogP contribution in [0.5, 0.6) is 11.5 Å². The molecule has 1 aliphatic rings. The van der Waals surface area contributed by atoms with E-state index in [1.54, 1.807) is 4.90 Å². The number of carbonyl (C=O) groups excluding carboxylic acids is 1. The van der Waals surface area contributed by atoms with E-state index in [0.29, 0.717) is 28.2 Å². The molecular weight excluding hydrogens is 366 g/mol. The average molecular weight is 386 g/mol. The number of para-hydroxylation sites is 1. The molecule has 0 unspecified atom stereocenters. The van der Waals surface area contributed by atoms with Gasteiger partial charge in [0.05, 0.1) is 23.8 Å². The van der Waals surface area contributed by atoms with Crippen molar-refractivity contribution in [3.05, 3.63) is 59.0 Å². The molecule has 3 rings (SSSR count). The fourth-order valence-corrected chi connectivity index (χ4v) is 3.87. The van der Waals surface area contributed by atoms with Crippen molar-refractivity contribution in [3.63, 3.8) is 0 Å². The van der Waals surface area contributed by atoms with Crippen LogP contribution in [0.1, 0.15) is 19.4 Å². The summed E-state index contributed by atoms with van der Waals surface area (Å²) in [4.78, 5) is 15.0. The Morgan fingerprint density at radius 2 is 1.81 bits per heavy atom. The van der Waals surface area contributed by atoms with Gasteiger partial charge in [0.2, 0.25) is 0 Å². The largest absolute Gasteiger partial charge is 0.494 e. The molecule has 0 spiro atoms. The lowest BCUT2D eigenvalue weighted by Crippen LogP contribution is -2.27. The second kappa shape index (κ2) is 8.38. The molecule has 2 aromatic rings. The Morgan fingerprint density at radius 1 is 1.08 bits per heavy atom. The zero-order chi connectivity index (χ0) is 18.5. The van der Waals surface area contributed by atoms with Crippen LogP contribution >= 0.6 is 24.0 Å². The molecule has 0 atom stereocenters. The molecule has 0 bridgehead atoms. The predicted molar refractivity (Wildman–Crippen MR) is 111 cm³/mol. The van der Waals surface area contributed by atoms with E-state index < -0.39 is 0 Å². The zero-order valence-electron chi connectivity index (χ0n) is 14.6. The van der Waals surface area contributed by atoms with Gasteiger partial charge < -0.3 is 9.47 Å². The van der Waals surface area contributed by atoms with E-state index >= 15 is 0 Å². The summed E-state index contributed by atoms with van der Waals surface area (Å²) in [5.74, 6) is 1.30. The third-order valence-corrected chi connectivity index (χ3v) is 4.99. The van der Waals surface area contributed by atoms with Gasteiger partial charge in [0.1, 0.15) is 11.5 Å². The molecule has 0 saturated carbocycles. The summed E-state index contributed by atoms with van der Waals surface area (Å²) in [7, 11) is 0. The maximum Gasteiger partial charge on any atom is 0.270 e. The van der Waals surface area contributed by atoms with E-state index in [1.165, 1.54) is 11.8 Å². The van der Waals surface area contributed by atoms with Gasteiger partial charge in [-0.25, -0.2) is 0 Å². The molecule has 6 heteroatoms. The lowest BCUT2D eigenvalue weighted by Gasteiger charge is -2.14. The molecule has 1 amide bonds. The number of hydrogen-bond acceptors (Lipinski definition) is 5. The van der Waals surface area contributed by atoms with Crippen LogP contribution in [0.2, 0.25) is 0 Å². The lowest BCUT2D eigenvalue weighted by atomic mass is 10.1. The minimum Gasteiger partial charge on any atom is -0.494 e. The van der Waals surface area contributed by atoms with Crippen LogP contribution < -0.4 is 14.4 Å². The third-order valence-electron chi connectivity index (χ3n) is 3.69. The first-order valence-corrected chi connectivity index (χ1v) is 9.59. The summed E-state index contributed by atoms with van der Waals surface area (Å²) < 4.78 is 11.8. The van der Waals surface area contributed by atoms with Crippen LogP contribution in [0.15, 0.2) is 53.4 Å². The average Bonchev–Trinajstić information content (AvgIpc) is 2.92. The van der Waals surface area contributed by atoms with Crippen LogP contribution in [-0.4, -0.2) is 23.4 Å². The van der Waals surface area contributed by atoms with Gasteiger partial charge >= 0.3 is 0 Å². The molecule has 0 N–H and O–H groups in total. The second-order valence-corrected chi connectivity index (χ2v) is 7.09. The minimum atomic E-state index is -0.123.